The van der Waals surface area contributed by atoms with Gasteiger partial charge in [-0.25, -0.2) is 0 Å². The Labute approximate surface area is 136 Å². The molecule has 0 saturated carbocycles. The Morgan fingerprint density at radius 1 is 1.48 bits per heavy atom. The second-order valence-electron chi connectivity index (χ2n) is 4.72. The fraction of sp³-hybridized carbons (Fsp3) is 0.462. The SMILES string of the molecule is CCn1cc(Br)c(CNC(=O)C(C)n2cc(Cl)c(C)n2)n1. The van der Waals surface area contributed by atoms with E-state index in [0.29, 0.717) is 17.3 Å². The van der Waals surface area contributed by atoms with Crippen molar-refractivity contribution < 1.29 is 4.79 Å². The Bertz CT molecular complexity index is 632. The first-order valence-corrected chi connectivity index (χ1v) is 7.80. The lowest BCUT2D eigenvalue weighted by molar-refractivity contribution is -0.124. The Morgan fingerprint density at radius 3 is 2.71 bits per heavy atom. The number of amides is 1. The van der Waals surface area contributed by atoms with Crippen LogP contribution in [0, 0.1) is 6.92 Å². The van der Waals surface area contributed by atoms with Gasteiger partial charge >= 0.3 is 0 Å². The molecule has 0 saturated heterocycles. The number of nitrogens with zero attached hydrogens (tertiary/aromatic N) is 4. The van der Waals surface area contributed by atoms with Crippen LogP contribution in [0.3, 0.4) is 0 Å². The topological polar surface area (TPSA) is 64.7 Å². The zero-order valence-corrected chi connectivity index (χ0v) is 14.4. The van der Waals surface area contributed by atoms with Crippen molar-refractivity contribution in [1.82, 2.24) is 24.9 Å². The van der Waals surface area contributed by atoms with Crippen molar-refractivity contribution in [3.8, 4) is 0 Å². The minimum atomic E-state index is -0.428. The Morgan fingerprint density at radius 2 is 2.19 bits per heavy atom. The minimum absolute atomic E-state index is 0.132. The summed E-state index contributed by atoms with van der Waals surface area (Å²) in [5, 5.41) is 12.0. The van der Waals surface area contributed by atoms with Crippen LogP contribution in [0.25, 0.3) is 0 Å². The molecule has 2 rings (SSSR count). The quantitative estimate of drug-likeness (QED) is 0.875. The average Bonchev–Trinajstić information content (AvgIpc) is 2.98. The molecule has 0 fully saturated rings. The van der Waals surface area contributed by atoms with E-state index in [2.05, 4.69) is 31.4 Å². The number of aromatic nitrogens is 4. The van der Waals surface area contributed by atoms with Gasteiger partial charge in [-0.2, -0.15) is 10.2 Å². The molecule has 1 unspecified atom stereocenters. The van der Waals surface area contributed by atoms with Crippen molar-refractivity contribution in [2.45, 2.75) is 39.9 Å². The van der Waals surface area contributed by atoms with Crippen LogP contribution in [0.1, 0.15) is 31.3 Å². The van der Waals surface area contributed by atoms with Crippen molar-refractivity contribution in [3.63, 3.8) is 0 Å². The molecule has 0 aliphatic rings. The molecule has 1 amide bonds. The zero-order valence-electron chi connectivity index (χ0n) is 12.1. The largest absolute Gasteiger partial charge is 0.348 e. The van der Waals surface area contributed by atoms with Crippen molar-refractivity contribution in [1.29, 1.82) is 0 Å². The smallest absolute Gasteiger partial charge is 0.244 e. The monoisotopic (exact) mass is 373 g/mol. The summed E-state index contributed by atoms with van der Waals surface area (Å²) >= 11 is 9.39. The first-order chi connectivity index (χ1) is 9.92. The van der Waals surface area contributed by atoms with E-state index in [1.165, 1.54) is 0 Å². The number of nitrogens with one attached hydrogen (secondary N) is 1. The molecule has 0 radical (unpaired) electrons. The maximum atomic E-state index is 12.2. The first kappa shape index (κ1) is 16.0. The second-order valence-corrected chi connectivity index (χ2v) is 5.98. The van der Waals surface area contributed by atoms with E-state index in [-0.39, 0.29) is 5.91 Å². The lowest BCUT2D eigenvalue weighted by atomic mass is 10.3. The van der Waals surface area contributed by atoms with Gasteiger partial charge < -0.3 is 5.32 Å². The van der Waals surface area contributed by atoms with E-state index in [0.717, 1.165) is 16.7 Å². The van der Waals surface area contributed by atoms with Crippen LogP contribution in [0.2, 0.25) is 5.02 Å². The number of halogens is 2. The summed E-state index contributed by atoms with van der Waals surface area (Å²) in [6, 6.07) is -0.428. The van der Waals surface area contributed by atoms with Crippen molar-refractivity contribution >= 4 is 33.4 Å². The molecular weight excluding hydrogens is 358 g/mol. The average molecular weight is 375 g/mol. The molecular formula is C13H17BrClN5O. The van der Waals surface area contributed by atoms with Gasteiger partial charge in [-0.3, -0.25) is 14.2 Å². The molecule has 2 heterocycles. The van der Waals surface area contributed by atoms with Crippen LogP contribution in [0.15, 0.2) is 16.9 Å². The van der Waals surface area contributed by atoms with Crippen LogP contribution < -0.4 is 5.32 Å². The molecule has 2 aromatic rings. The van der Waals surface area contributed by atoms with E-state index in [9.17, 15) is 4.79 Å². The summed E-state index contributed by atoms with van der Waals surface area (Å²) in [5.74, 6) is -0.132. The van der Waals surface area contributed by atoms with Gasteiger partial charge in [0, 0.05) is 18.9 Å². The number of carbonyl (C=O) groups excluding carboxylic acids is 1. The highest BCUT2D eigenvalue weighted by Crippen LogP contribution is 2.17. The Kier molecular flexibility index (Phi) is 5.05. The van der Waals surface area contributed by atoms with Crippen LogP contribution in [-0.4, -0.2) is 25.5 Å². The predicted octanol–water partition coefficient (Wildman–Crippen LogP) is 2.70. The highest BCUT2D eigenvalue weighted by Gasteiger charge is 2.17. The van der Waals surface area contributed by atoms with Gasteiger partial charge in [0.2, 0.25) is 5.91 Å². The van der Waals surface area contributed by atoms with E-state index in [4.69, 9.17) is 11.6 Å². The van der Waals surface area contributed by atoms with Gasteiger partial charge in [-0.1, -0.05) is 11.6 Å². The highest BCUT2D eigenvalue weighted by atomic mass is 79.9. The number of hydrogen-bond donors (Lipinski definition) is 1. The maximum Gasteiger partial charge on any atom is 0.244 e. The highest BCUT2D eigenvalue weighted by molar-refractivity contribution is 9.10. The molecule has 2 aromatic heterocycles. The van der Waals surface area contributed by atoms with Gasteiger partial charge in [-0.15, -0.1) is 0 Å². The van der Waals surface area contributed by atoms with Gasteiger partial charge in [0.15, 0.2) is 0 Å². The van der Waals surface area contributed by atoms with E-state index in [1.807, 2.05) is 17.8 Å². The number of carbonyl (C=O) groups is 1. The fourth-order valence-electron chi connectivity index (χ4n) is 1.82. The number of rotatable bonds is 5. The van der Waals surface area contributed by atoms with Gasteiger partial charge in [0.05, 0.1) is 27.4 Å². The normalized spacial score (nSPS) is 12.4. The van der Waals surface area contributed by atoms with Crippen molar-refractivity contribution in [2.75, 3.05) is 0 Å². The molecule has 21 heavy (non-hydrogen) atoms. The zero-order chi connectivity index (χ0) is 15.6. The lowest BCUT2D eigenvalue weighted by Crippen LogP contribution is -2.31. The van der Waals surface area contributed by atoms with Crippen LogP contribution in [0.4, 0.5) is 0 Å². The summed E-state index contributed by atoms with van der Waals surface area (Å²) in [7, 11) is 0. The van der Waals surface area contributed by atoms with Crippen LogP contribution in [-0.2, 0) is 17.9 Å². The second kappa shape index (κ2) is 6.62. The molecule has 114 valence electrons. The van der Waals surface area contributed by atoms with Crippen LogP contribution in [0.5, 0.6) is 0 Å². The molecule has 0 spiro atoms. The molecule has 0 aliphatic carbocycles. The summed E-state index contributed by atoms with van der Waals surface area (Å²) in [6.45, 7) is 6.74. The lowest BCUT2D eigenvalue weighted by Gasteiger charge is -2.12. The third kappa shape index (κ3) is 3.65. The van der Waals surface area contributed by atoms with Gasteiger partial charge in [0.1, 0.15) is 6.04 Å². The predicted molar refractivity (Wildman–Crippen MR) is 84.1 cm³/mol. The van der Waals surface area contributed by atoms with Crippen LogP contribution >= 0.6 is 27.5 Å². The molecule has 1 atom stereocenters. The van der Waals surface area contributed by atoms with Crippen molar-refractivity contribution in [3.05, 3.63) is 33.3 Å². The Balaban J connectivity index is 1.99. The molecule has 0 bridgehead atoms. The third-order valence-electron chi connectivity index (χ3n) is 3.17. The van der Waals surface area contributed by atoms with E-state index in [1.54, 1.807) is 24.7 Å². The summed E-state index contributed by atoms with van der Waals surface area (Å²) in [5.41, 5.74) is 1.51. The summed E-state index contributed by atoms with van der Waals surface area (Å²) in [4.78, 5) is 12.2. The number of aryl methyl sites for hydroxylation is 2. The first-order valence-electron chi connectivity index (χ1n) is 6.63. The fourth-order valence-corrected chi connectivity index (χ4v) is 2.41. The molecule has 6 nitrogen and oxygen atoms in total. The molecule has 0 aliphatic heterocycles. The summed E-state index contributed by atoms with van der Waals surface area (Å²) in [6.07, 6.45) is 3.55. The van der Waals surface area contributed by atoms with E-state index < -0.39 is 6.04 Å². The molecule has 8 heteroatoms. The Hall–Kier alpha value is -1.34. The molecule has 0 aromatic carbocycles. The third-order valence-corrected chi connectivity index (χ3v) is 4.21. The van der Waals surface area contributed by atoms with Gasteiger partial charge in [-0.05, 0) is 36.7 Å². The number of hydrogen-bond acceptors (Lipinski definition) is 3. The minimum Gasteiger partial charge on any atom is -0.348 e. The molecule has 1 N–H and O–H groups in total. The van der Waals surface area contributed by atoms with Crippen molar-refractivity contribution in [2.24, 2.45) is 0 Å². The summed E-state index contributed by atoms with van der Waals surface area (Å²) < 4.78 is 4.26. The maximum absolute atomic E-state index is 12.2. The standard InChI is InChI=1S/C13H17BrClN5O/c1-4-19-6-10(14)12(18-19)5-16-13(21)9(3)20-7-11(15)8(2)17-20/h6-7,9H,4-5H2,1-3H3,(H,16,21). The van der Waals surface area contributed by atoms with Gasteiger partial charge in [0.25, 0.3) is 0 Å². The van der Waals surface area contributed by atoms with E-state index >= 15 is 0 Å².